The standard InChI is InChI=1S/C13H17NO5/c1-18-12-6-9(2-3-11(12)15)7-14-4-5-19-8-10(14)13(16)17/h2-3,6,10,15H,4-5,7-8H2,1H3,(H,16,17). The number of phenolic OH excluding ortho intramolecular Hbond substituents is 1. The van der Waals surface area contributed by atoms with E-state index in [9.17, 15) is 9.90 Å². The van der Waals surface area contributed by atoms with Crippen molar-refractivity contribution in [3.8, 4) is 11.5 Å². The summed E-state index contributed by atoms with van der Waals surface area (Å²) in [5.41, 5.74) is 0.891. The van der Waals surface area contributed by atoms with Crippen molar-refractivity contribution in [2.75, 3.05) is 26.9 Å². The predicted molar refractivity (Wildman–Crippen MR) is 67.3 cm³/mol. The van der Waals surface area contributed by atoms with Crippen molar-refractivity contribution in [1.29, 1.82) is 0 Å². The Hall–Kier alpha value is -1.79. The number of carboxylic acid groups (broad SMARTS) is 1. The molecule has 2 rings (SSSR count). The SMILES string of the molecule is COc1cc(CN2CCOCC2C(=O)O)ccc1O. The first-order valence-corrected chi connectivity index (χ1v) is 6.02. The molecule has 1 aromatic carbocycles. The quantitative estimate of drug-likeness (QED) is 0.835. The lowest BCUT2D eigenvalue weighted by Gasteiger charge is -2.32. The van der Waals surface area contributed by atoms with Crippen LogP contribution in [0.3, 0.4) is 0 Å². The van der Waals surface area contributed by atoms with Crippen molar-refractivity contribution in [3.63, 3.8) is 0 Å². The highest BCUT2D eigenvalue weighted by molar-refractivity contribution is 5.73. The highest BCUT2D eigenvalue weighted by Gasteiger charge is 2.29. The van der Waals surface area contributed by atoms with Crippen LogP contribution < -0.4 is 4.74 Å². The maximum Gasteiger partial charge on any atom is 0.323 e. The maximum absolute atomic E-state index is 11.1. The van der Waals surface area contributed by atoms with Crippen LogP contribution in [0, 0.1) is 0 Å². The molecule has 19 heavy (non-hydrogen) atoms. The third-order valence-electron chi connectivity index (χ3n) is 3.15. The van der Waals surface area contributed by atoms with Crippen LogP contribution in [0.1, 0.15) is 5.56 Å². The summed E-state index contributed by atoms with van der Waals surface area (Å²) in [6.07, 6.45) is 0. The molecule has 1 aliphatic heterocycles. The van der Waals surface area contributed by atoms with E-state index in [0.29, 0.717) is 25.4 Å². The summed E-state index contributed by atoms with van der Waals surface area (Å²) in [6, 6.07) is 4.38. The number of methoxy groups -OCH3 is 1. The zero-order valence-electron chi connectivity index (χ0n) is 10.7. The van der Waals surface area contributed by atoms with Crippen LogP contribution in [0.5, 0.6) is 11.5 Å². The molecule has 1 unspecified atom stereocenters. The van der Waals surface area contributed by atoms with Crippen molar-refractivity contribution < 1.29 is 24.5 Å². The van der Waals surface area contributed by atoms with E-state index >= 15 is 0 Å². The number of aromatic hydroxyl groups is 1. The molecular formula is C13H17NO5. The first kappa shape index (κ1) is 13.6. The van der Waals surface area contributed by atoms with Gasteiger partial charge in [0.05, 0.1) is 20.3 Å². The van der Waals surface area contributed by atoms with Crippen LogP contribution in [-0.4, -0.2) is 54.0 Å². The van der Waals surface area contributed by atoms with Gasteiger partial charge in [-0.15, -0.1) is 0 Å². The second-order valence-electron chi connectivity index (χ2n) is 4.41. The van der Waals surface area contributed by atoms with Crippen LogP contribution in [0.15, 0.2) is 18.2 Å². The summed E-state index contributed by atoms with van der Waals surface area (Å²) in [6.45, 7) is 1.78. The molecule has 0 bridgehead atoms. The number of aliphatic carboxylic acids is 1. The van der Waals surface area contributed by atoms with Gasteiger partial charge in [-0.1, -0.05) is 6.07 Å². The van der Waals surface area contributed by atoms with E-state index in [1.807, 2.05) is 4.90 Å². The van der Waals surface area contributed by atoms with E-state index in [0.717, 1.165) is 5.56 Å². The number of carbonyl (C=O) groups is 1. The number of rotatable bonds is 4. The van der Waals surface area contributed by atoms with Crippen LogP contribution >= 0.6 is 0 Å². The Bertz CT molecular complexity index is 462. The van der Waals surface area contributed by atoms with E-state index in [1.54, 1.807) is 18.2 Å². The van der Waals surface area contributed by atoms with Crippen LogP contribution in [0.4, 0.5) is 0 Å². The third kappa shape index (κ3) is 3.15. The van der Waals surface area contributed by atoms with Gasteiger partial charge in [-0.2, -0.15) is 0 Å². The zero-order chi connectivity index (χ0) is 13.8. The van der Waals surface area contributed by atoms with Gasteiger partial charge in [-0.25, -0.2) is 0 Å². The number of ether oxygens (including phenoxy) is 2. The fourth-order valence-electron chi connectivity index (χ4n) is 2.11. The van der Waals surface area contributed by atoms with Gasteiger partial charge in [-0.05, 0) is 17.7 Å². The molecule has 2 N–H and O–H groups in total. The predicted octanol–water partition coefficient (Wildman–Crippen LogP) is 0.686. The van der Waals surface area contributed by atoms with Crippen molar-refractivity contribution in [3.05, 3.63) is 23.8 Å². The Morgan fingerprint density at radius 1 is 1.58 bits per heavy atom. The Morgan fingerprint density at radius 2 is 2.37 bits per heavy atom. The maximum atomic E-state index is 11.1. The summed E-state index contributed by atoms with van der Waals surface area (Å²) in [5.74, 6) is -0.425. The first-order chi connectivity index (χ1) is 9.11. The fourth-order valence-corrected chi connectivity index (χ4v) is 2.11. The average Bonchev–Trinajstić information content (AvgIpc) is 2.41. The molecule has 1 saturated heterocycles. The fraction of sp³-hybridized carbons (Fsp3) is 0.462. The Balaban J connectivity index is 2.12. The minimum absolute atomic E-state index is 0.0722. The second kappa shape index (κ2) is 5.90. The van der Waals surface area contributed by atoms with Gasteiger partial charge in [0.1, 0.15) is 6.04 Å². The Morgan fingerprint density at radius 3 is 3.05 bits per heavy atom. The monoisotopic (exact) mass is 267 g/mol. The number of hydrogen-bond acceptors (Lipinski definition) is 5. The lowest BCUT2D eigenvalue weighted by Crippen LogP contribution is -2.49. The molecule has 0 aromatic heterocycles. The summed E-state index contributed by atoms with van der Waals surface area (Å²) >= 11 is 0. The number of nitrogens with zero attached hydrogens (tertiary/aromatic N) is 1. The molecule has 1 aliphatic rings. The summed E-state index contributed by atoms with van der Waals surface area (Å²) in [7, 11) is 1.48. The normalized spacial score (nSPS) is 20.2. The molecule has 0 radical (unpaired) electrons. The summed E-state index contributed by atoms with van der Waals surface area (Å²) in [5, 5.41) is 18.7. The van der Waals surface area contributed by atoms with Gasteiger partial charge < -0.3 is 19.7 Å². The smallest absolute Gasteiger partial charge is 0.323 e. The molecular weight excluding hydrogens is 250 g/mol. The van der Waals surface area contributed by atoms with E-state index in [2.05, 4.69) is 0 Å². The Labute approximate surface area is 111 Å². The molecule has 0 saturated carbocycles. The zero-order valence-corrected chi connectivity index (χ0v) is 10.7. The number of morpholine rings is 1. The minimum Gasteiger partial charge on any atom is -0.504 e. The van der Waals surface area contributed by atoms with Crippen LogP contribution in [0.25, 0.3) is 0 Å². The van der Waals surface area contributed by atoms with Crippen molar-refractivity contribution >= 4 is 5.97 Å². The van der Waals surface area contributed by atoms with Crippen molar-refractivity contribution in [2.24, 2.45) is 0 Å². The summed E-state index contributed by atoms with van der Waals surface area (Å²) in [4.78, 5) is 13.0. The van der Waals surface area contributed by atoms with E-state index < -0.39 is 12.0 Å². The van der Waals surface area contributed by atoms with Gasteiger partial charge in [0, 0.05) is 13.1 Å². The van der Waals surface area contributed by atoms with Crippen molar-refractivity contribution in [1.82, 2.24) is 4.90 Å². The topological polar surface area (TPSA) is 79.2 Å². The molecule has 0 aliphatic carbocycles. The highest BCUT2D eigenvalue weighted by atomic mass is 16.5. The Kier molecular flexibility index (Phi) is 4.24. The van der Waals surface area contributed by atoms with Crippen molar-refractivity contribution in [2.45, 2.75) is 12.6 Å². The second-order valence-corrected chi connectivity index (χ2v) is 4.41. The molecule has 1 atom stereocenters. The molecule has 1 aromatic rings. The number of phenols is 1. The molecule has 6 heteroatoms. The first-order valence-electron chi connectivity index (χ1n) is 6.02. The highest BCUT2D eigenvalue weighted by Crippen LogP contribution is 2.27. The average molecular weight is 267 g/mol. The number of benzene rings is 1. The van der Waals surface area contributed by atoms with Crippen LogP contribution in [-0.2, 0) is 16.1 Å². The third-order valence-corrected chi connectivity index (χ3v) is 3.15. The van der Waals surface area contributed by atoms with Crippen LogP contribution in [0.2, 0.25) is 0 Å². The van der Waals surface area contributed by atoms with Gasteiger partial charge in [-0.3, -0.25) is 9.69 Å². The van der Waals surface area contributed by atoms with E-state index in [-0.39, 0.29) is 12.4 Å². The van der Waals surface area contributed by atoms with E-state index in [4.69, 9.17) is 14.6 Å². The number of hydrogen-bond donors (Lipinski definition) is 2. The van der Waals surface area contributed by atoms with Gasteiger partial charge in [0.2, 0.25) is 0 Å². The minimum atomic E-state index is -0.884. The van der Waals surface area contributed by atoms with E-state index in [1.165, 1.54) is 7.11 Å². The largest absolute Gasteiger partial charge is 0.504 e. The van der Waals surface area contributed by atoms with Gasteiger partial charge >= 0.3 is 5.97 Å². The molecule has 6 nitrogen and oxygen atoms in total. The molecule has 104 valence electrons. The molecule has 0 spiro atoms. The lowest BCUT2D eigenvalue weighted by molar-refractivity contribution is -0.150. The van der Waals surface area contributed by atoms with Gasteiger partial charge in [0.15, 0.2) is 11.5 Å². The molecule has 1 heterocycles. The lowest BCUT2D eigenvalue weighted by atomic mass is 10.1. The number of carboxylic acids is 1. The summed E-state index contributed by atoms with van der Waals surface area (Å²) < 4.78 is 10.2. The van der Waals surface area contributed by atoms with Gasteiger partial charge in [0.25, 0.3) is 0 Å². The molecule has 0 amide bonds. The molecule has 1 fully saturated rings.